The van der Waals surface area contributed by atoms with E-state index in [4.69, 9.17) is 9.97 Å². The number of nitrogens with zero attached hydrogens (tertiary/aromatic N) is 4. The van der Waals surface area contributed by atoms with Crippen molar-refractivity contribution in [2.75, 3.05) is 32.0 Å². The van der Waals surface area contributed by atoms with E-state index in [0.29, 0.717) is 0 Å². The van der Waals surface area contributed by atoms with Gasteiger partial charge in [-0.05, 0) is 89.2 Å². The summed E-state index contributed by atoms with van der Waals surface area (Å²) in [7, 11) is 2.22. The normalized spacial score (nSPS) is 15.7. The van der Waals surface area contributed by atoms with E-state index in [1.807, 2.05) is 6.20 Å². The van der Waals surface area contributed by atoms with Gasteiger partial charge in [-0.2, -0.15) is 0 Å². The minimum Gasteiger partial charge on any atom is -0.354 e. The summed E-state index contributed by atoms with van der Waals surface area (Å²) < 4.78 is 0. The van der Waals surface area contributed by atoms with Crippen molar-refractivity contribution in [3.8, 4) is 11.4 Å². The van der Waals surface area contributed by atoms with Crippen molar-refractivity contribution in [2.45, 2.75) is 52.9 Å². The lowest BCUT2D eigenvalue weighted by atomic mass is 9.92. The molecule has 4 rings (SSSR count). The Balaban J connectivity index is 1.41. The number of hydrogen-bond acceptors (Lipinski definition) is 5. The summed E-state index contributed by atoms with van der Waals surface area (Å²) in [6.45, 7) is 9.76. The molecule has 0 radical (unpaired) electrons. The van der Waals surface area contributed by atoms with E-state index < -0.39 is 0 Å². The summed E-state index contributed by atoms with van der Waals surface area (Å²) in [6.07, 6.45) is 7.87. The molecule has 0 aliphatic carbocycles. The lowest BCUT2D eigenvalue weighted by molar-refractivity contribution is 0.211. The van der Waals surface area contributed by atoms with Crippen LogP contribution in [0.5, 0.6) is 0 Å². The topological polar surface area (TPSA) is 69.7 Å². The van der Waals surface area contributed by atoms with Gasteiger partial charge in [0.15, 0.2) is 0 Å². The van der Waals surface area contributed by atoms with E-state index in [-0.39, 0.29) is 0 Å². The molecule has 0 spiro atoms. The summed E-state index contributed by atoms with van der Waals surface area (Å²) in [5.74, 6) is 2.45. The fourth-order valence-corrected chi connectivity index (χ4v) is 4.51. The number of aromatic amines is 1. The molecule has 6 heteroatoms. The molecule has 1 aromatic carbocycles. The molecule has 2 N–H and O–H groups in total. The Bertz CT molecular complexity index is 1000. The number of anilines is 1. The highest BCUT2D eigenvalue weighted by Crippen LogP contribution is 2.26. The van der Waals surface area contributed by atoms with E-state index in [0.717, 1.165) is 52.9 Å². The molecule has 0 amide bonds. The van der Waals surface area contributed by atoms with Crippen LogP contribution in [0.3, 0.4) is 0 Å². The maximum absolute atomic E-state index is 4.83. The maximum atomic E-state index is 4.83. The Morgan fingerprint density at radius 2 is 1.97 bits per heavy atom. The number of aryl methyl sites for hydroxylation is 3. The molecule has 1 aliphatic heterocycles. The summed E-state index contributed by atoms with van der Waals surface area (Å²) in [5.41, 5.74) is 6.53. The molecule has 3 heterocycles. The fourth-order valence-electron chi connectivity index (χ4n) is 4.51. The number of piperidine rings is 1. The standard InChI is InChI=1S/C24H34N6/c1-5-20-19(23-27-21-14-16(2)13-17(3)22(21)29-23)15-26-24(28-20)25-10-6-7-18-8-11-30(4)12-9-18/h13-15,18H,5-12H2,1-4H3,(H,27,29)(H,25,26,28). The van der Waals surface area contributed by atoms with Gasteiger partial charge in [-0.25, -0.2) is 15.0 Å². The minimum atomic E-state index is 0.724. The third-order valence-electron chi connectivity index (χ3n) is 6.29. The number of benzene rings is 1. The van der Waals surface area contributed by atoms with Crippen LogP contribution in [0.15, 0.2) is 18.3 Å². The number of imidazole rings is 1. The Morgan fingerprint density at radius 1 is 1.17 bits per heavy atom. The number of H-pyrrole nitrogens is 1. The first kappa shape index (κ1) is 20.8. The van der Waals surface area contributed by atoms with E-state index in [2.05, 4.69) is 60.1 Å². The molecule has 1 saturated heterocycles. The molecule has 6 nitrogen and oxygen atoms in total. The van der Waals surface area contributed by atoms with Gasteiger partial charge in [-0.15, -0.1) is 0 Å². The van der Waals surface area contributed by atoms with E-state index in [9.17, 15) is 0 Å². The first-order valence-electron chi connectivity index (χ1n) is 11.3. The van der Waals surface area contributed by atoms with Gasteiger partial charge in [0.1, 0.15) is 5.82 Å². The van der Waals surface area contributed by atoms with Crippen LogP contribution in [0, 0.1) is 19.8 Å². The number of aromatic nitrogens is 4. The smallest absolute Gasteiger partial charge is 0.222 e. The zero-order chi connectivity index (χ0) is 21.1. The van der Waals surface area contributed by atoms with Crippen molar-refractivity contribution in [1.29, 1.82) is 0 Å². The quantitative estimate of drug-likeness (QED) is 0.555. The lowest BCUT2D eigenvalue weighted by Crippen LogP contribution is -2.30. The van der Waals surface area contributed by atoms with Crippen LogP contribution in [-0.2, 0) is 6.42 Å². The van der Waals surface area contributed by atoms with E-state index in [1.54, 1.807) is 0 Å². The van der Waals surface area contributed by atoms with Gasteiger partial charge in [0.2, 0.25) is 5.95 Å². The molecule has 0 unspecified atom stereocenters. The van der Waals surface area contributed by atoms with Crippen LogP contribution in [-0.4, -0.2) is 51.5 Å². The van der Waals surface area contributed by atoms with Gasteiger partial charge in [0, 0.05) is 12.7 Å². The predicted molar refractivity (Wildman–Crippen MR) is 124 cm³/mol. The Hall–Kier alpha value is -2.47. The first-order chi connectivity index (χ1) is 14.5. The number of nitrogens with one attached hydrogen (secondary N) is 2. The number of rotatable bonds is 7. The van der Waals surface area contributed by atoms with Crippen molar-refractivity contribution in [3.63, 3.8) is 0 Å². The Labute approximate surface area is 179 Å². The Kier molecular flexibility index (Phi) is 6.32. The third kappa shape index (κ3) is 4.64. The fraction of sp³-hybridized carbons (Fsp3) is 0.542. The molecule has 30 heavy (non-hydrogen) atoms. The van der Waals surface area contributed by atoms with E-state index >= 15 is 0 Å². The molecule has 0 bridgehead atoms. The first-order valence-corrected chi connectivity index (χ1v) is 11.3. The highest BCUT2D eigenvalue weighted by atomic mass is 15.1. The summed E-state index contributed by atoms with van der Waals surface area (Å²) in [6, 6.07) is 4.31. The highest BCUT2D eigenvalue weighted by Gasteiger charge is 2.16. The molecule has 1 aliphatic rings. The Morgan fingerprint density at radius 3 is 2.73 bits per heavy atom. The van der Waals surface area contributed by atoms with Crippen LogP contribution in [0.1, 0.15) is 49.4 Å². The predicted octanol–water partition coefficient (Wildman–Crippen LogP) is 4.73. The van der Waals surface area contributed by atoms with Crippen molar-refractivity contribution in [3.05, 3.63) is 35.2 Å². The second-order valence-electron chi connectivity index (χ2n) is 8.79. The largest absolute Gasteiger partial charge is 0.354 e. The van der Waals surface area contributed by atoms with E-state index in [1.165, 1.54) is 49.9 Å². The SMILES string of the molecule is CCc1nc(NCCCC2CCN(C)CC2)ncc1-c1nc2c(C)cc(C)cc2[nH]1. The van der Waals surface area contributed by atoms with Gasteiger partial charge < -0.3 is 15.2 Å². The summed E-state index contributed by atoms with van der Waals surface area (Å²) in [4.78, 5) is 20.1. The number of likely N-dealkylation sites (tertiary alicyclic amines) is 1. The van der Waals surface area contributed by atoms with Crippen LogP contribution >= 0.6 is 0 Å². The third-order valence-corrected chi connectivity index (χ3v) is 6.29. The molecule has 1 fully saturated rings. The number of hydrogen-bond donors (Lipinski definition) is 2. The van der Waals surface area contributed by atoms with Crippen molar-refractivity contribution in [1.82, 2.24) is 24.8 Å². The zero-order valence-electron chi connectivity index (χ0n) is 18.8. The van der Waals surface area contributed by atoms with Crippen LogP contribution in [0.2, 0.25) is 0 Å². The average Bonchev–Trinajstić information content (AvgIpc) is 3.16. The summed E-state index contributed by atoms with van der Waals surface area (Å²) in [5, 5.41) is 3.43. The molecule has 0 atom stereocenters. The van der Waals surface area contributed by atoms with Gasteiger partial charge in [0.05, 0.1) is 22.3 Å². The van der Waals surface area contributed by atoms with Crippen LogP contribution in [0.25, 0.3) is 22.4 Å². The lowest BCUT2D eigenvalue weighted by Gasteiger charge is -2.28. The monoisotopic (exact) mass is 406 g/mol. The van der Waals surface area contributed by atoms with Gasteiger partial charge in [-0.3, -0.25) is 0 Å². The minimum absolute atomic E-state index is 0.724. The second-order valence-corrected chi connectivity index (χ2v) is 8.79. The number of fused-ring (bicyclic) bond motifs is 1. The van der Waals surface area contributed by atoms with Crippen molar-refractivity contribution < 1.29 is 0 Å². The van der Waals surface area contributed by atoms with Gasteiger partial charge >= 0.3 is 0 Å². The molecule has 3 aromatic rings. The average molecular weight is 407 g/mol. The highest BCUT2D eigenvalue weighted by molar-refractivity contribution is 5.83. The maximum Gasteiger partial charge on any atom is 0.222 e. The van der Waals surface area contributed by atoms with Gasteiger partial charge in [-0.1, -0.05) is 13.0 Å². The van der Waals surface area contributed by atoms with Crippen LogP contribution < -0.4 is 5.32 Å². The second kappa shape index (κ2) is 9.13. The summed E-state index contributed by atoms with van der Waals surface area (Å²) >= 11 is 0. The molecular formula is C24H34N6. The van der Waals surface area contributed by atoms with Gasteiger partial charge in [0.25, 0.3) is 0 Å². The molecule has 0 saturated carbocycles. The van der Waals surface area contributed by atoms with Crippen LogP contribution in [0.4, 0.5) is 5.95 Å². The zero-order valence-corrected chi connectivity index (χ0v) is 18.8. The molecule has 160 valence electrons. The molecule has 2 aromatic heterocycles. The van der Waals surface area contributed by atoms with Crippen molar-refractivity contribution >= 4 is 17.0 Å². The van der Waals surface area contributed by atoms with Crippen molar-refractivity contribution in [2.24, 2.45) is 5.92 Å². The molecular weight excluding hydrogens is 372 g/mol.